The summed E-state index contributed by atoms with van der Waals surface area (Å²) in [4.78, 5) is 14.2. The van der Waals surface area contributed by atoms with Crippen molar-refractivity contribution in [2.75, 3.05) is 18.1 Å². The maximum atomic E-state index is 11.9. The van der Waals surface area contributed by atoms with Gasteiger partial charge in [0, 0.05) is 40.5 Å². The molecule has 4 heteroatoms. The Morgan fingerprint density at radius 3 is 1.82 bits per heavy atom. The van der Waals surface area contributed by atoms with Gasteiger partial charge in [-0.05, 0) is 103 Å². The predicted octanol–water partition coefficient (Wildman–Crippen LogP) is 14.5. The number of carbonyl (C=O) groups excluding carboxylic acids is 1. The summed E-state index contributed by atoms with van der Waals surface area (Å²) >= 11 is 0. The average molecular weight is 748 g/mol. The number of ether oxygens (including phenoxy) is 2. The number of aryl methyl sites for hydroxylation is 2. The summed E-state index contributed by atoms with van der Waals surface area (Å²) in [7, 11) is 0. The van der Waals surface area contributed by atoms with Gasteiger partial charge in [-0.2, -0.15) is 0 Å². The molecule has 0 amide bonds. The zero-order chi connectivity index (χ0) is 39.5. The lowest BCUT2D eigenvalue weighted by atomic mass is 9.70. The number of esters is 1. The van der Waals surface area contributed by atoms with Crippen molar-refractivity contribution in [2.45, 2.75) is 111 Å². The molecule has 1 aliphatic rings. The molecule has 6 rings (SSSR count). The lowest BCUT2D eigenvalue weighted by Gasteiger charge is -2.34. The van der Waals surface area contributed by atoms with Crippen molar-refractivity contribution in [3.63, 3.8) is 0 Å². The molecular weight excluding hydrogens is 687 g/mol. The van der Waals surface area contributed by atoms with Gasteiger partial charge in [-0.3, -0.25) is 0 Å². The highest BCUT2D eigenvalue weighted by molar-refractivity contribution is 5.87. The first-order valence-corrected chi connectivity index (χ1v) is 21.0. The van der Waals surface area contributed by atoms with Gasteiger partial charge in [0.15, 0.2) is 0 Å². The van der Waals surface area contributed by atoms with Gasteiger partial charge in [-0.1, -0.05) is 150 Å². The van der Waals surface area contributed by atoms with E-state index in [1.807, 2.05) is 6.07 Å². The molecule has 0 spiro atoms. The van der Waals surface area contributed by atoms with Gasteiger partial charge in [-0.25, -0.2) is 4.79 Å². The van der Waals surface area contributed by atoms with E-state index in [0.29, 0.717) is 25.2 Å². The molecule has 0 saturated carbocycles. The molecule has 0 atom stereocenters. The van der Waals surface area contributed by atoms with E-state index in [-0.39, 0.29) is 11.4 Å². The van der Waals surface area contributed by atoms with Crippen LogP contribution in [-0.2, 0) is 14.9 Å². The van der Waals surface area contributed by atoms with Crippen molar-refractivity contribution in [3.05, 3.63) is 144 Å². The molecular formula is C52H61NO3. The Kier molecular flexibility index (Phi) is 13.9. The Morgan fingerprint density at radius 2 is 1.18 bits per heavy atom. The van der Waals surface area contributed by atoms with Crippen LogP contribution >= 0.6 is 0 Å². The molecule has 0 heterocycles. The van der Waals surface area contributed by atoms with Gasteiger partial charge in [0.2, 0.25) is 0 Å². The van der Waals surface area contributed by atoms with E-state index in [9.17, 15) is 4.79 Å². The summed E-state index contributed by atoms with van der Waals surface area (Å²) in [6.45, 7) is 15.0. The van der Waals surface area contributed by atoms with E-state index in [0.717, 1.165) is 22.8 Å². The minimum Gasteiger partial charge on any atom is -0.493 e. The zero-order valence-corrected chi connectivity index (χ0v) is 34.5. The molecule has 292 valence electrons. The van der Waals surface area contributed by atoms with Crippen molar-refractivity contribution >= 4 is 23.0 Å². The SMILES string of the molecule is C=C(C)C(=O)OCCCOc1cccc(N(c2ccc(-c3ccc(C)cc3)cc2)c2ccc3c(c2)C(CCCCCC)(CCCCCC)c2cc(C)ccc2-3)c1. The minimum absolute atomic E-state index is 0.0201. The third-order valence-corrected chi connectivity index (χ3v) is 11.4. The van der Waals surface area contributed by atoms with Gasteiger partial charge in [0.1, 0.15) is 5.75 Å². The molecule has 0 aliphatic heterocycles. The van der Waals surface area contributed by atoms with E-state index in [4.69, 9.17) is 9.47 Å². The van der Waals surface area contributed by atoms with Gasteiger partial charge in [-0.15, -0.1) is 0 Å². The Bertz CT molecular complexity index is 2070. The van der Waals surface area contributed by atoms with E-state index in [1.54, 1.807) is 6.92 Å². The quantitative estimate of drug-likeness (QED) is 0.0451. The standard InChI is InChI=1S/C52H61NO3/c1-7-9-11-13-31-52(32-14-12-10-8-2)49-35-40(6)21-29-47(49)48-30-28-45(37-50(48)52)53(43-26-24-42(25-27-43)41-22-19-39(5)20-23-41)44-17-15-18-46(36-44)55-33-16-34-56-51(54)38(3)4/h15,17-30,35-37H,3,7-14,16,31-34H2,1-2,4-6H3. The van der Waals surface area contributed by atoms with Crippen LogP contribution in [0.15, 0.2) is 121 Å². The second-order valence-corrected chi connectivity index (χ2v) is 15.8. The first kappa shape index (κ1) is 40.6. The minimum atomic E-state index is -0.366. The molecule has 56 heavy (non-hydrogen) atoms. The Morgan fingerprint density at radius 1 is 0.607 bits per heavy atom. The first-order chi connectivity index (χ1) is 27.2. The van der Waals surface area contributed by atoms with Gasteiger partial charge in [0.25, 0.3) is 0 Å². The molecule has 5 aromatic carbocycles. The highest BCUT2D eigenvalue weighted by Crippen LogP contribution is 2.56. The molecule has 0 fully saturated rings. The van der Waals surface area contributed by atoms with Gasteiger partial charge < -0.3 is 14.4 Å². The highest BCUT2D eigenvalue weighted by Gasteiger charge is 2.42. The summed E-state index contributed by atoms with van der Waals surface area (Å²) in [5.41, 5.74) is 14.4. The van der Waals surface area contributed by atoms with Crippen LogP contribution < -0.4 is 9.64 Å². The molecule has 4 nitrogen and oxygen atoms in total. The Hall–Kier alpha value is -5.09. The normalized spacial score (nSPS) is 12.5. The van der Waals surface area contributed by atoms with Crippen molar-refractivity contribution in [1.29, 1.82) is 0 Å². The summed E-state index contributed by atoms with van der Waals surface area (Å²) in [5.74, 6) is 0.412. The molecule has 0 saturated heterocycles. The van der Waals surface area contributed by atoms with Crippen molar-refractivity contribution in [2.24, 2.45) is 0 Å². The van der Waals surface area contributed by atoms with Crippen LogP contribution in [0.4, 0.5) is 17.1 Å². The topological polar surface area (TPSA) is 38.8 Å². The number of rotatable bonds is 20. The van der Waals surface area contributed by atoms with Crippen molar-refractivity contribution in [3.8, 4) is 28.0 Å². The van der Waals surface area contributed by atoms with Crippen LogP contribution in [0.2, 0.25) is 0 Å². The van der Waals surface area contributed by atoms with E-state index >= 15 is 0 Å². The maximum absolute atomic E-state index is 11.9. The molecule has 5 aromatic rings. The molecule has 0 unspecified atom stereocenters. The summed E-state index contributed by atoms with van der Waals surface area (Å²) in [5, 5.41) is 0. The Labute approximate surface area is 336 Å². The Balaban J connectivity index is 1.41. The summed E-state index contributed by atoms with van der Waals surface area (Å²) in [6, 6.07) is 40.4. The maximum Gasteiger partial charge on any atom is 0.333 e. The number of benzene rings is 5. The number of carbonyl (C=O) groups is 1. The smallest absolute Gasteiger partial charge is 0.333 e. The van der Waals surface area contributed by atoms with Crippen LogP contribution in [0, 0.1) is 13.8 Å². The molecule has 0 bridgehead atoms. The average Bonchev–Trinajstić information content (AvgIpc) is 3.46. The zero-order valence-electron chi connectivity index (χ0n) is 34.5. The van der Waals surface area contributed by atoms with Crippen LogP contribution in [0.3, 0.4) is 0 Å². The number of nitrogens with zero attached hydrogens (tertiary/aromatic N) is 1. The lowest BCUT2D eigenvalue weighted by Crippen LogP contribution is -2.26. The molecule has 0 aromatic heterocycles. The highest BCUT2D eigenvalue weighted by atomic mass is 16.5. The number of unbranched alkanes of at least 4 members (excludes halogenated alkanes) is 6. The third kappa shape index (κ3) is 9.46. The fraction of sp³-hybridized carbons (Fsp3) is 0.365. The monoisotopic (exact) mass is 747 g/mol. The van der Waals surface area contributed by atoms with E-state index < -0.39 is 0 Å². The van der Waals surface area contributed by atoms with E-state index in [1.165, 1.54) is 109 Å². The first-order valence-electron chi connectivity index (χ1n) is 21.0. The van der Waals surface area contributed by atoms with Gasteiger partial charge >= 0.3 is 5.97 Å². The number of anilines is 3. The number of fused-ring (bicyclic) bond motifs is 3. The molecule has 1 aliphatic carbocycles. The van der Waals surface area contributed by atoms with Crippen LogP contribution in [0.25, 0.3) is 22.3 Å². The summed E-state index contributed by atoms with van der Waals surface area (Å²) in [6.07, 6.45) is 13.0. The number of hydrogen-bond donors (Lipinski definition) is 0. The van der Waals surface area contributed by atoms with Gasteiger partial charge in [0.05, 0.1) is 13.2 Å². The third-order valence-electron chi connectivity index (χ3n) is 11.4. The predicted molar refractivity (Wildman–Crippen MR) is 236 cm³/mol. The van der Waals surface area contributed by atoms with Crippen LogP contribution in [0.5, 0.6) is 5.75 Å². The molecule has 0 N–H and O–H groups in total. The summed E-state index contributed by atoms with van der Waals surface area (Å²) < 4.78 is 11.5. The lowest BCUT2D eigenvalue weighted by molar-refractivity contribution is -0.139. The van der Waals surface area contributed by atoms with E-state index in [2.05, 4.69) is 142 Å². The van der Waals surface area contributed by atoms with Crippen LogP contribution in [0.1, 0.15) is 114 Å². The fourth-order valence-electron chi connectivity index (χ4n) is 8.35. The van der Waals surface area contributed by atoms with Crippen molar-refractivity contribution < 1.29 is 14.3 Å². The largest absolute Gasteiger partial charge is 0.493 e. The van der Waals surface area contributed by atoms with Crippen molar-refractivity contribution in [1.82, 2.24) is 0 Å². The second kappa shape index (κ2) is 19.2. The second-order valence-electron chi connectivity index (χ2n) is 15.8. The molecule has 0 radical (unpaired) electrons. The fourth-order valence-corrected chi connectivity index (χ4v) is 8.35. The van der Waals surface area contributed by atoms with Crippen LogP contribution in [-0.4, -0.2) is 19.2 Å². The number of hydrogen-bond acceptors (Lipinski definition) is 4.